The van der Waals surface area contributed by atoms with Gasteiger partial charge < -0.3 is 15.6 Å². The number of rotatable bonds is 5. The van der Waals surface area contributed by atoms with E-state index < -0.39 is 9.84 Å². The summed E-state index contributed by atoms with van der Waals surface area (Å²) in [6, 6.07) is 15.4. The minimum Gasteiger partial charge on any atom is -0.352 e. The van der Waals surface area contributed by atoms with Crippen LogP contribution in [0, 0.1) is 18.3 Å². The lowest BCUT2D eigenvalue weighted by atomic mass is 10.2. The number of hydrogen-bond acceptors (Lipinski definition) is 8. The Kier molecular flexibility index (Phi) is 4.81. The second-order valence-electron chi connectivity index (χ2n) is 6.61. The van der Waals surface area contributed by atoms with E-state index in [0.717, 1.165) is 6.26 Å². The zero-order chi connectivity index (χ0) is 21.3. The SMILES string of the molecule is Cc1nc2c(Nc3ccccc3S(C)(=O)=O)cc(Nc3cccc(C#N)n3)nc2[nH]1. The molecule has 0 amide bonds. The van der Waals surface area contributed by atoms with Gasteiger partial charge in [-0.05, 0) is 31.2 Å². The van der Waals surface area contributed by atoms with E-state index in [4.69, 9.17) is 5.26 Å². The first-order valence-electron chi connectivity index (χ1n) is 8.91. The van der Waals surface area contributed by atoms with Crippen LogP contribution in [0.15, 0.2) is 53.4 Å². The first-order chi connectivity index (χ1) is 14.3. The number of nitrogens with zero attached hydrogens (tertiary/aromatic N) is 4. The van der Waals surface area contributed by atoms with Crippen molar-refractivity contribution in [3.05, 3.63) is 60.0 Å². The highest BCUT2D eigenvalue weighted by Gasteiger charge is 2.16. The Morgan fingerprint density at radius 1 is 0.967 bits per heavy atom. The average molecular weight is 419 g/mol. The number of aromatic nitrogens is 4. The number of nitriles is 1. The van der Waals surface area contributed by atoms with Gasteiger partial charge in [0.05, 0.1) is 16.3 Å². The molecule has 10 heteroatoms. The van der Waals surface area contributed by atoms with E-state index in [1.54, 1.807) is 55.5 Å². The molecule has 0 saturated carbocycles. The number of anilines is 4. The molecule has 3 heterocycles. The molecular weight excluding hydrogens is 402 g/mol. The number of fused-ring (bicyclic) bond motifs is 1. The van der Waals surface area contributed by atoms with Crippen molar-refractivity contribution in [2.45, 2.75) is 11.8 Å². The van der Waals surface area contributed by atoms with Gasteiger partial charge in [-0.2, -0.15) is 5.26 Å². The second-order valence-corrected chi connectivity index (χ2v) is 8.60. The zero-order valence-corrected chi connectivity index (χ0v) is 16.9. The van der Waals surface area contributed by atoms with E-state index in [0.29, 0.717) is 40.0 Å². The van der Waals surface area contributed by atoms with Gasteiger partial charge in [-0.15, -0.1) is 0 Å². The van der Waals surface area contributed by atoms with Crippen LogP contribution in [0.5, 0.6) is 0 Å². The fourth-order valence-corrected chi connectivity index (χ4v) is 3.85. The third-order valence-corrected chi connectivity index (χ3v) is 5.40. The van der Waals surface area contributed by atoms with E-state index >= 15 is 0 Å². The van der Waals surface area contributed by atoms with Crippen molar-refractivity contribution in [2.75, 3.05) is 16.9 Å². The minimum atomic E-state index is -3.43. The minimum absolute atomic E-state index is 0.181. The molecule has 0 spiro atoms. The van der Waals surface area contributed by atoms with Crippen molar-refractivity contribution < 1.29 is 8.42 Å². The lowest BCUT2D eigenvalue weighted by Gasteiger charge is -2.13. The van der Waals surface area contributed by atoms with Crippen LogP contribution in [0.1, 0.15) is 11.5 Å². The second kappa shape index (κ2) is 7.46. The number of pyridine rings is 2. The number of H-pyrrole nitrogens is 1. The van der Waals surface area contributed by atoms with Crippen molar-refractivity contribution in [2.24, 2.45) is 0 Å². The van der Waals surface area contributed by atoms with Gasteiger partial charge in [0.1, 0.15) is 34.7 Å². The Morgan fingerprint density at radius 3 is 2.53 bits per heavy atom. The van der Waals surface area contributed by atoms with Crippen molar-refractivity contribution in [3.63, 3.8) is 0 Å². The molecule has 0 aliphatic rings. The van der Waals surface area contributed by atoms with Crippen molar-refractivity contribution in [1.82, 2.24) is 19.9 Å². The molecule has 0 radical (unpaired) electrons. The van der Waals surface area contributed by atoms with Crippen molar-refractivity contribution in [1.29, 1.82) is 5.26 Å². The summed E-state index contributed by atoms with van der Waals surface area (Å²) in [7, 11) is -3.43. The molecule has 0 unspecified atom stereocenters. The summed E-state index contributed by atoms with van der Waals surface area (Å²) in [6.45, 7) is 1.81. The van der Waals surface area contributed by atoms with Crippen LogP contribution in [-0.2, 0) is 9.84 Å². The quantitative estimate of drug-likeness (QED) is 0.447. The Bertz CT molecular complexity index is 1400. The highest BCUT2D eigenvalue weighted by Crippen LogP contribution is 2.31. The van der Waals surface area contributed by atoms with Gasteiger partial charge in [-0.3, -0.25) is 0 Å². The van der Waals surface area contributed by atoms with Gasteiger partial charge in [0, 0.05) is 12.3 Å². The molecule has 0 aliphatic heterocycles. The smallest absolute Gasteiger partial charge is 0.177 e. The lowest BCUT2D eigenvalue weighted by Crippen LogP contribution is -2.04. The maximum atomic E-state index is 12.2. The fourth-order valence-electron chi connectivity index (χ4n) is 3.00. The first-order valence-corrected chi connectivity index (χ1v) is 10.8. The predicted octanol–water partition coefficient (Wildman–Crippen LogP) is 3.42. The maximum absolute atomic E-state index is 12.2. The molecule has 0 fully saturated rings. The predicted molar refractivity (Wildman–Crippen MR) is 114 cm³/mol. The molecule has 4 rings (SSSR count). The molecule has 9 nitrogen and oxygen atoms in total. The molecule has 30 heavy (non-hydrogen) atoms. The lowest BCUT2D eigenvalue weighted by molar-refractivity contribution is 0.602. The van der Waals surface area contributed by atoms with Gasteiger partial charge in [-0.25, -0.2) is 23.4 Å². The number of para-hydroxylation sites is 1. The van der Waals surface area contributed by atoms with Gasteiger partial charge in [-0.1, -0.05) is 18.2 Å². The molecule has 0 aliphatic carbocycles. The summed E-state index contributed by atoms with van der Waals surface area (Å²) in [5.41, 5.74) is 2.37. The zero-order valence-electron chi connectivity index (χ0n) is 16.1. The van der Waals surface area contributed by atoms with Crippen LogP contribution in [0.25, 0.3) is 11.2 Å². The number of benzene rings is 1. The molecule has 3 N–H and O–H groups in total. The van der Waals surface area contributed by atoms with Crippen molar-refractivity contribution >= 4 is 44.0 Å². The van der Waals surface area contributed by atoms with Crippen LogP contribution in [-0.4, -0.2) is 34.6 Å². The van der Waals surface area contributed by atoms with E-state index in [1.807, 2.05) is 6.07 Å². The Labute approximate surface area is 172 Å². The summed E-state index contributed by atoms with van der Waals surface area (Å²) < 4.78 is 24.3. The summed E-state index contributed by atoms with van der Waals surface area (Å²) in [5.74, 6) is 1.58. The molecule has 0 saturated heterocycles. The van der Waals surface area contributed by atoms with Gasteiger partial charge in [0.2, 0.25) is 0 Å². The number of imidazole rings is 1. The molecule has 0 atom stereocenters. The highest BCUT2D eigenvalue weighted by molar-refractivity contribution is 7.90. The largest absolute Gasteiger partial charge is 0.352 e. The molecule has 0 bridgehead atoms. The van der Waals surface area contributed by atoms with Gasteiger partial charge in [0.15, 0.2) is 15.5 Å². The Balaban J connectivity index is 1.79. The third kappa shape index (κ3) is 3.92. The average Bonchev–Trinajstić information content (AvgIpc) is 3.08. The number of sulfone groups is 1. The van der Waals surface area contributed by atoms with Crippen LogP contribution >= 0.6 is 0 Å². The Morgan fingerprint density at radius 2 is 1.77 bits per heavy atom. The maximum Gasteiger partial charge on any atom is 0.177 e. The monoisotopic (exact) mass is 419 g/mol. The summed E-state index contributed by atoms with van der Waals surface area (Å²) in [5, 5.41) is 15.3. The molecule has 150 valence electrons. The van der Waals surface area contributed by atoms with E-state index in [-0.39, 0.29) is 10.6 Å². The first kappa shape index (κ1) is 19.4. The topological polar surface area (TPSA) is 136 Å². The summed E-state index contributed by atoms with van der Waals surface area (Å²) in [6.07, 6.45) is 1.16. The van der Waals surface area contributed by atoms with Crippen molar-refractivity contribution in [3.8, 4) is 6.07 Å². The number of aryl methyl sites for hydroxylation is 1. The van der Waals surface area contributed by atoms with E-state index in [2.05, 4.69) is 30.6 Å². The third-order valence-electron chi connectivity index (χ3n) is 4.25. The molecule has 3 aromatic heterocycles. The number of hydrogen-bond donors (Lipinski definition) is 3. The number of aromatic amines is 1. The summed E-state index contributed by atoms with van der Waals surface area (Å²) in [4.78, 5) is 16.4. The van der Waals surface area contributed by atoms with Gasteiger partial charge >= 0.3 is 0 Å². The van der Waals surface area contributed by atoms with Crippen LogP contribution in [0.4, 0.5) is 23.0 Å². The van der Waals surface area contributed by atoms with Crippen LogP contribution < -0.4 is 10.6 Å². The standard InChI is InChI=1S/C20H17N7O2S/c1-12-22-19-15(25-14-7-3-4-8-16(14)30(2,28)29)10-18(27-20(19)23-12)26-17-9-5-6-13(11-21)24-17/h3-10H,1-2H3,(H3,22,23,24,25,26,27). The molecule has 4 aromatic rings. The van der Waals surface area contributed by atoms with E-state index in [1.165, 1.54) is 0 Å². The van der Waals surface area contributed by atoms with Gasteiger partial charge in [0.25, 0.3) is 0 Å². The normalized spacial score (nSPS) is 11.2. The van der Waals surface area contributed by atoms with E-state index in [9.17, 15) is 8.42 Å². The van der Waals surface area contributed by atoms with Crippen LogP contribution in [0.3, 0.4) is 0 Å². The highest BCUT2D eigenvalue weighted by atomic mass is 32.2. The number of nitrogens with one attached hydrogen (secondary N) is 3. The summed E-state index contributed by atoms with van der Waals surface area (Å²) >= 11 is 0. The molecular formula is C20H17N7O2S. The molecule has 1 aromatic carbocycles. The Hall–Kier alpha value is -3.97. The van der Waals surface area contributed by atoms with Crippen LogP contribution in [0.2, 0.25) is 0 Å². The fraction of sp³-hybridized carbons (Fsp3) is 0.100.